The molecule has 0 saturated carbocycles. The van der Waals surface area contributed by atoms with Crippen molar-refractivity contribution in [3.8, 4) is 0 Å². The Morgan fingerprint density at radius 1 is 1.27 bits per heavy atom. The maximum atomic E-state index is 5.78. The third kappa shape index (κ3) is 3.61. The molecule has 0 N–H and O–H groups in total. The summed E-state index contributed by atoms with van der Waals surface area (Å²) in [7, 11) is 0. The largest absolute Gasteiger partial charge is 0.377 e. The van der Waals surface area contributed by atoms with E-state index in [1.807, 2.05) is 0 Å². The molecule has 0 amide bonds. The molecule has 2 aliphatic rings. The molecular weight excluding hydrogens is 210 g/mol. The summed E-state index contributed by atoms with van der Waals surface area (Å²) in [4.78, 5) is 2.56. The van der Waals surface area contributed by atoms with Gasteiger partial charge >= 0.3 is 0 Å². The summed E-state index contributed by atoms with van der Waals surface area (Å²) in [6.07, 6.45) is 6.89. The van der Waals surface area contributed by atoms with Gasteiger partial charge in [-0.15, -0.1) is 11.6 Å². The molecule has 0 aromatic rings. The van der Waals surface area contributed by atoms with Crippen LogP contribution in [0.3, 0.4) is 0 Å². The molecule has 2 atom stereocenters. The van der Waals surface area contributed by atoms with E-state index in [1.54, 1.807) is 0 Å². The van der Waals surface area contributed by atoms with Crippen LogP contribution in [-0.4, -0.2) is 43.1 Å². The smallest absolute Gasteiger partial charge is 0.0702 e. The van der Waals surface area contributed by atoms with E-state index in [4.69, 9.17) is 16.3 Å². The van der Waals surface area contributed by atoms with Crippen LogP contribution < -0.4 is 0 Å². The Morgan fingerprint density at radius 2 is 2.20 bits per heavy atom. The molecule has 2 heterocycles. The van der Waals surface area contributed by atoms with E-state index in [2.05, 4.69) is 4.90 Å². The molecule has 2 rings (SSSR count). The fraction of sp³-hybridized carbons (Fsp3) is 1.00. The lowest BCUT2D eigenvalue weighted by Gasteiger charge is -2.27. The maximum absolute atomic E-state index is 5.78. The summed E-state index contributed by atoms with van der Waals surface area (Å²) in [6.45, 7) is 4.62. The van der Waals surface area contributed by atoms with Gasteiger partial charge in [0.15, 0.2) is 0 Å². The Bertz CT molecular complexity index is 182. The van der Waals surface area contributed by atoms with Gasteiger partial charge in [-0.05, 0) is 44.6 Å². The lowest BCUT2D eigenvalue weighted by Crippen LogP contribution is -2.34. The Labute approximate surface area is 97.9 Å². The SMILES string of the molecule is ClCCC1CCN(CC2CCCCO2)C1. The number of halogens is 1. The fourth-order valence-electron chi connectivity index (χ4n) is 2.71. The van der Waals surface area contributed by atoms with Crippen molar-refractivity contribution in [3.63, 3.8) is 0 Å². The van der Waals surface area contributed by atoms with Crippen molar-refractivity contribution in [1.29, 1.82) is 0 Å². The summed E-state index contributed by atoms with van der Waals surface area (Å²) in [5.74, 6) is 1.66. The number of hydrogen-bond acceptors (Lipinski definition) is 2. The average Bonchev–Trinajstić information content (AvgIpc) is 2.68. The lowest BCUT2D eigenvalue weighted by molar-refractivity contribution is -0.00238. The summed E-state index contributed by atoms with van der Waals surface area (Å²) >= 11 is 5.78. The molecule has 0 spiro atoms. The first-order valence-corrected chi connectivity index (χ1v) is 6.82. The molecule has 2 aliphatic heterocycles. The van der Waals surface area contributed by atoms with Gasteiger partial charge in [-0.3, -0.25) is 0 Å². The zero-order chi connectivity index (χ0) is 10.5. The zero-order valence-corrected chi connectivity index (χ0v) is 10.2. The van der Waals surface area contributed by atoms with Crippen LogP contribution in [0.1, 0.15) is 32.1 Å². The minimum Gasteiger partial charge on any atom is -0.377 e. The first-order chi connectivity index (χ1) is 7.38. The Hall–Kier alpha value is 0.210. The molecule has 2 saturated heterocycles. The second-order valence-electron chi connectivity index (χ2n) is 4.88. The summed E-state index contributed by atoms with van der Waals surface area (Å²) in [5.41, 5.74) is 0. The predicted molar refractivity (Wildman–Crippen MR) is 63.5 cm³/mol. The van der Waals surface area contributed by atoms with E-state index in [-0.39, 0.29) is 0 Å². The monoisotopic (exact) mass is 231 g/mol. The minimum absolute atomic E-state index is 0.508. The number of likely N-dealkylation sites (tertiary alicyclic amines) is 1. The molecule has 0 radical (unpaired) electrons. The van der Waals surface area contributed by atoms with E-state index in [1.165, 1.54) is 45.2 Å². The number of ether oxygens (including phenoxy) is 1. The summed E-state index contributed by atoms with van der Waals surface area (Å²) in [5, 5.41) is 0. The van der Waals surface area contributed by atoms with Crippen LogP contribution in [-0.2, 0) is 4.74 Å². The van der Waals surface area contributed by atoms with Gasteiger partial charge in [-0.2, -0.15) is 0 Å². The normalized spacial score (nSPS) is 33.4. The molecule has 2 nitrogen and oxygen atoms in total. The van der Waals surface area contributed by atoms with Crippen LogP contribution in [0, 0.1) is 5.92 Å². The standard InChI is InChI=1S/C12H22ClNO/c13-6-4-11-5-7-14(9-11)10-12-3-1-2-8-15-12/h11-12H,1-10H2. The Morgan fingerprint density at radius 3 is 2.93 bits per heavy atom. The molecule has 3 heteroatoms. The first kappa shape index (κ1) is 11.7. The molecule has 0 aliphatic carbocycles. The van der Waals surface area contributed by atoms with Crippen LogP contribution in [0.25, 0.3) is 0 Å². The molecule has 88 valence electrons. The zero-order valence-electron chi connectivity index (χ0n) is 9.46. The van der Waals surface area contributed by atoms with Gasteiger partial charge in [0.1, 0.15) is 0 Å². The highest BCUT2D eigenvalue weighted by atomic mass is 35.5. The average molecular weight is 232 g/mol. The molecule has 2 unspecified atom stereocenters. The second-order valence-corrected chi connectivity index (χ2v) is 5.26. The number of nitrogens with zero attached hydrogens (tertiary/aromatic N) is 1. The van der Waals surface area contributed by atoms with Gasteiger partial charge in [0.2, 0.25) is 0 Å². The van der Waals surface area contributed by atoms with E-state index in [0.29, 0.717) is 6.10 Å². The third-order valence-corrected chi connectivity index (χ3v) is 3.84. The van der Waals surface area contributed by atoms with Crippen molar-refractivity contribution in [2.45, 2.75) is 38.2 Å². The molecule has 2 fully saturated rings. The Balaban J connectivity index is 1.67. The third-order valence-electron chi connectivity index (χ3n) is 3.62. The lowest BCUT2D eigenvalue weighted by atomic mass is 10.1. The van der Waals surface area contributed by atoms with Crippen molar-refractivity contribution < 1.29 is 4.74 Å². The second kappa shape index (κ2) is 6.07. The number of alkyl halides is 1. The van der Waals surface area contributed by atoms with Gasteiger partial charge in [0.05, 0.1) is 6.10 Å². The highest BCUT2D eigenvalue weighted by Crippen LogP contribution is 2.22. The maximum Gasteiger partial charge on any atom is 0.0702 e. The van der Waals surface area contributed by atoms with Crippen molar-refractivity contribution in [1.82, 2.24) is 4.90 Å². The number of hydrogen-bond donors (Lipinski definition) is 0. The first-order valence-electron chi connectivity index (χ1n) is 6.28. The van der Waals surface area contributed by atoms with Gasteiger partial charge in [0.25, 0.3) is 0 Å². The number of rotatable bonds is 4. The van der Waals surface area contributed by atoms with Gasteiger partial charge in [-0.1, -0.05) is 0 Å². The Kier molecular flexibility index (Phi) is 4.73. The molecule has 15 heavy (non-hydrogen) atoms. The molecule has 0 aromatic carbocycles. The van der Waals surface area contributed by atoms with Crippen LogP contribution in [0.5, 0.6) is 0 Å². The molecule has 0 bridgehead atoms. The van der Waals surface area contributed by atoms with E-state index in [9.17, 15) is 0 Å². The van der Waals surface area contributed by atoms with Gasteiger partial charge in [-0.25, -0.2) is 0 Å². The van der Waals surface area contributed by atoms with E-state index >= 15 is 0 Å². The summed E-state index contributed by atoms with van der Waals surface area (Å²) < 4.78 is 5.77. The van der Waals surface area contributed by atoms with Crippen LogP contribution in [0.4, 0.5) is 0 Å². The van der Waals surface area contributed by atoms with Crippen molar-refractivity contribution >= 4 is 11.6 Å². The fourth-order valence-corrected chi connectivity index (χ4v) is 3.02. The summed E-state index contributed by atoms with van der Waals surface area (Å²) in [6, 6.07) is 0. The quantitative estimate of drug-likeness (QED) is 0.690. The highest BCUT2D eigenvalue weighted by molar-refractivity contribution is 6.17. The van der Waals surface area contributed by atoms with Crippen molar-refractivity contribution in [3.05, 3.63) is 0 Å². The predicted octanol–water partition coefficient (Wildman–Crippen LogP) is 2.51. The van der Waals surface area contributed by atoms with Crippen molar-refractivity contribution in [2.75, 3.05) is 32.1 Å². The van der Waals surface area contributed by atoms with Gasteiger partial charge < -0.3 is 9.64 Å². The topological polar surface area (TPSA) is 12.5 Å². The van der Waals surface area contributed by atoms with Crippen LogP contribution in [0.15, 0.2) is 0 Å². The highest BCUT2D eigenvalue weighted by Gasteiger charge is 2.25. The van der Waals surface area contributed by atoms with Gasteiger partial charge in [0, 0.05) is 25.6 Å². The van der Waals surface area contributed by atoms with Crippen molar-refractivity contribution in [2.24, 2.45) is 5.92 Å². The van der Waals surface area contributed by atoms with E-state index < -0.39 is 0 Å². The van der Waals surface area contributed by atoms with E-state index in [0.717, 1.165) is 24.9 Å². The van der Waals surface area contributed by atoms with Crippen LogP contribution >= 0.6 is 11.6 Å². The van der Waals surface area contributed by atoms with Crippen LogP contribution in [0.2, 0.25) is 0 Å². The molecule has 0 aromatic heterocycles. The minimum atomic E-state index is 0.508. The molecular formula is C12H22ClNO.